The molecule has 0 saturated heterocycles. The first-order valence-corrected chi connectivity index (χ1v) is 11.5. The zero-order chi connectivity index (χ0) is 25.3. The number of ether oxygens (including phenoxy) is 3. The van der Waals surface area contributed by atoms with Crippen LogP contribution < -0.4 is 25.5 Å². The second-order valence-corrected chi connectivity index (χ2v) is 8.89. The van der Waals surface area contributed by atoms with Crippen LogP contribution in [-0.2, 0) is 13.0 Å². The third-order valence-corrected chi connectivity index (χ3v) is 6.60. The molecule has 0 saturated carbocycles. The molecule has 2 aromatic carbocycles. The van der Waals surface area contributed by atoms with E-state index in [1.165, 1.54) is 0 Å². The van der Waals surface area contributed by atoms with E-state index in [0.717, 1.165) is 5.56 Å². The van der Waals surface area contributed by atoms with Crippen LogP contribution in [0, 0.1) is 18.3 Å². The van der Waals surface area contributed by atoms with Crippen molar-refractivity contribution in [2.24, 2.45) is 5.73 Å². The molecule has 0 spiro atoms. The maximum Gasteiger partial charge on any atom is 0.258 e. The van der Waals surface area contributed by atoms with Gasteiger partial charge in [-0.15, -0.1) is 0 Å². The number of rotatable bonds is 6. The van der Waals surface area contributed by atoms with Gasteiger partial charge >= 0.3 is 0 Å². The van der Waals surface area contributed by atoms with E-state index in [-0.39, 0.29) is 17.0 Å². The summed E-state index contributed by atoms with van der Waals surface area (Å²) < 4.78 is 18.1. The van der Waals surface area contributed by atoms with Gasteiger partial charge in [0, 0.05) is 28.4 Å². The molecule has 4 rings (SSSR count). The molecule has 0 fully saturated rings. The van der Waals surface area contributed by atoms with Crippen molar-refractivity contribution in [2.45, 2.75) is 25.8 Å². The summed E-state index contributed by atoms with van der Waals surface area (Å²) in [6.45, 7) is 2.22. The molecule has 0 amide bonds. The lowest BCUT2D eigenvalue weighted by molar-refractivity contribution is 0.354. The van der Waals surface area contributed by atoms with E-state index >= 15 is 0 Å². The number of hydrogen-bond donors (Lipinski definition) is 1. The summed E-state index contributed by atoms with van der Waals surface area (Å²) in [4.78, 5) is 13.8. The minimum Gasteiger partial charge on any atom is -0.493 e. The van der Waals surface area contributed by atoms with Crippen LogP contribution in [0.15, 0.2) is 58.7 Å². The Morgan fingerprint density at radius 1 is 1.11 bits per heavy atom. The number of methoxy groups -OCH3 is 2. The summed E-state index contributed by atoms with van der Waals surface area (Å²) in [5.74, 6) is 0.713. The zero-order valence-electron chi connectivity index (χ0n) is 19.4. The number of nitrogens with two attached hydrogens (primary N) is 1. The summed E-state index contributed by atoms with van der Waals surface area (Å²) in [5, 5.41) is 10.6. The zero-order valence-corrected chi connectivity index (χ0v) is 20.9. The fraction of sp³-hybridized carbons (Fsp3) is 0.231. The van der Waals surface area contributed by atoms with Crippen molar-refractivity contribution < 1.29 is 14.2 Å². The van der Waals surface area contributed by atoms with Crippen molar-refractivity contribution in [3.63, 3.8) is 0 Å². The molecule has 2 heterocycles. The number of benzene rings is 2. The average Bonchev–Trinajstić information content (AvgIpc) is 2.83. The Labute approximate surface area is 212 Å². The highest BCUT2D eigenvalue weighted by Gasteiger charge is 2.35. The number of nitriles is 1. The van der Waals surface area contributed by atoms with Crippen molar-refractivity contribution in [3.05, 3.63) is 96.7 Å². The van der Waals surface area contributed by atoms with E-state index in [9.17, 15) is 10.1 Å². The fourth-order valence-electron chi connectivity index (χ4n) is 4.29. The molecule has 35 heavy (non-hydrogen) atoms. The Bertz CT molecular complexity index is 1440. The van der Waals surface area contributed by atoms with Crippen molar-refractivity contribution in [1.82, 2.24) is 4.57 Å². The van der Waals surface area contributed by atoms with E-state index < -0.39 is 5.92 Å². The van der Waals surface area contributed by atoms with E-state index in [1.54, 1.807) is 43.1 Å². The Balaban J connectivity index is 1.79. The lowest BCUT2D eigenvalue weighted by Crippen LogP contribution is -2.33. The second kappa shape index (κ2) is 9.95. The number of aryl methyl sites for hydroxylation is 2. The molecule has 0 aliphatic carbocycles. The van der Waals surface area contributed by atoms with Gasteiger partial charge in [-0.3, -0.25) is 4.79 Å². The van der Waals surface area contributed by atoms with E-state index in [2.05, 4.69) is 6.07 Å². The standard InChI is InChI=1S/C26H23Cl2N3O4/c1-14-10-22-24(23(18(13-29)25(30)35-22)17-6-5-16(27)12-19(17)28)26(32)31(14)9-8-15-4-7-20(33-2)21(11-15)34-3/h4-7,10-12,23H,8-9,30H2,1-3H3. The molecule has 1 unspecified atom stereocenters. The Kier molecular flexibility index (Phi) is 6.97. The average molecular weight is 512 g/mol. The highest BCUT2D eigenvalue weighted by molar-refractivity contribution is 6.35. The predicted molar refractivity (Wildman–Crippen MR) is 134 cm³/mol. The summed E-state index contributed by atoms with van der Waals surface area (Å²) >= 11 is 12.6. The molecule has 1 aromatic heterocycles. The highest BCUT2D eigenvalue weighted by Crippen LogP contribution is 2.43. The maximum absolute atomic E-state index is 13.8. The smallest absolute Gasteiger partial charge is 0.258 e. The Hall–Kier alpha value is -3.60. The number of hydrogen-bond acceptors (Lipinski definition) is 6. The van der Waals surface area contributed by atoms with Gasteiger partial charge in [-0.25, -0.2) is 0 Å². The van der Waals surface area contributed by atoms with Crippen molar-refractivity contribution in [3.8, 4) is 23.3 Å². The van der Waals surface area contributed by atoms with Crippen LogP contribution >= 0.6 is 23.2 Å². The number of halogens is 2. The molecule has 7 nitrogen and oxygen atoms in total. The topological polar surface area (TPSA) is 99.5 Å². The van der Waals surface area contributed by atoms with Crippen LogP contribution in [0.3, 0.4) is 0 Å². The van der Waals surface area contributed by atoms with E-state index in [4.69, 9.17) is 43.1 Å². The number of aromatic nitrogens is 1. The molecule has 3 aromatic rings. The van der Waals surface area contributed by atoms with E-state index in [1.807, 2.05) is 25.1 Å². The number of allylic oxidation sites excluding steroid dienone is 1. The van der Waals surface area contributed by atoms with Gasteiger partial charge in [-0.1, -0.05) is 35.3 Å². The van der Waals surface area contributed by atoms with Gasteiger partial charge in [-0.05, 0) is 48.7 Å². The third-order valence-electron chi connectivity index (χ3n) is 6.04. The molecular formula is C26H23Cl2N3O4. The van der Waals surface area contributed by atoms with Crippen molar-refractivity contribution in [2.75, 3.05) is 14.2 Å². The second-order valence-electron chi connectivity index (χ2n) is 8.05. The monoisotopic (exact) mass is 511 g/mol. The van der Waals surface area contributed by atoms with Crippen LogP contribution in [-0.4, -0.2) is 18.8 Å². The minimum absolute atomic E-state index is 0.0575. The number of fused-ring (bicyclic) bond motifs is 1. The van der Waals surface area contributed by atoms with Gasteiger partial charge in [0.2, 0.25) is 5.88 Å². The molecule has 0 radical (unpaired) electrons. The molecular weight excluding hydrogens is 489 g/mol. The molecule has 0 bridgehead atoms. The summed E-state index contributed by atoms with van der Waals surface area (Å²) in [6.07, 6.45) is 0.566. The van der Waals surface area contributed by atoms with Gasteiger partial charge in [0.15, 0.2) is 11.5 Å². The van der Waals surface area contributed by atoms with E-state index in [0.29, 0.717) is 57.1 Å². The number of pyridine rings is 1. The van der Waals surface area contributed by atoms with Crippen molar-refractivity contribution in [1.29, 1.82) is 5.26 Å². The lowest BCUT2D eigenvalue weighted by atomic mass is 9.84. The van der Waals surface area contributed by atoms with Crippen LogP contribution in [0.2, 0.25) is 10.0 Å². The summed E-state index contributed by atoms with van der Waals surface area (Å²) in [7, 11) is 3.16. The predicted octanol–water partition coefficient (Wildman–Crippen LogP) is 4.94. The SMILES string of the molecule is COc1ccc(CCn2c(C)cc3c(c2=O)C(c2ccc(Cl)cc2Cl)C(C#N)=C(N)O3)cc1OC. The fourth-order valence-corrected chi connectivity index (χ4v) is 4.81. The van der Waals surface area contributed by atoms with Crippen LogP contribution in [0.4, 0.5) is 0 Å². The Morgan fingerprint density at radius 3 is 2.51 bits per heavy atom. The number of nitrogens with zero attached hydrogens (tertiary/aromatic N) is 2. The quantitative estimate of drug-likeness (QED) is 0.502. The van der Waals surface area contributed by atoms with Gasteiger partial charge in [0.1, 0.15) is 17.4 Å². The maximum atomic E-state index is 13.8. The highest BCUT2D eigenvalue weighted by atomic mass is 35.5. The first kappa shape index (κ1) is 24.5. The lowest BCUT2D eigenvalue weighted by Gasteiger charge is -2.28. The van der Waals surface area contributed by atoms with Gasteiger partial charge < -0.3 is 24.5 Å². The molecule has 1 atom stereocenters. The molecule has 180 valence electrons. The summed E-state index contributed by atoms with van der Waals surface area (Å²) in [5.41, 5.74) is 8.43. The molecule has 1 aliphatic heterocycles. The first-order chi connectivity index (χ1) is 16.8. The minimum atomic E-state index is -0.783. The van der Waals surface area contributed by atoms with Crippen LogP contribution in [0.25, 0.3) is 0 Å². The van der Waals surface area contributed by atoms with Crippen molar-refractivity contribution >= 4 is 23.2 Å². The van der Waals surface area contributed by atoms with Gasteiger partial charge in [0.25, 0.3) is 5.56 Å². The molecule has 9 heteroatoms. The third kappa shape index (κ3) is 4.55. The molecule has 1 aliphatic rings. The largest absolute Gasteiger partial charge is 0.493 e. The Morgan fingerprint density at radius 2 is 1.86 bits per heavy atom. The van der Waals surface area contributed by atoms with Crippen LogP contribution in [0.5, 0.6) is 17.2 Å². The normalized spacial score (nSPS) is 14.7. The summed E-state index contributed by atoms with van der Waals surface area (Å²) in [6, 6.07) is 14.4. The molecule has 2 N–H and O–H groups in total. The first-order valence-electron chi connectivity index (χ1n) is 10.8. The van der Waals surface area contributed by atoms with Crippen LogP contribution in [0.1, 0.15) is 28.3 Å². The van der Waals surface area contributed by atoms with Gasteiger partial charge in [-0.2, -0.15) is 5.26 Å². The van der Waals surface area contributed by atoms with Gasteiger partial charge in [0.05, 0.1) is 25.7 Å².